The SMILES string of the molecule is CN=C(NCc1ccc(F)cc1CSC)NCc1nnc2n1CCCC2. The van der Waals surface area contributed by atoms with Crippen molar-refractivity contribution < 1.29 is 4.39 Å². The first-order valence-electron chi connectivity index (χ1n) is 8.83. The molecule has 2 N–H and O–H groups in total. The minimum Gasteiger partial charge on any atom is -0.352 e. The van der Waals surface area contributed by atoms with Crippen LogP contribution < -0.4 is 10.6 Å². The molecule has 0 saturated carbocycles. The summed E-state index contributed by atoms with van der Waals surface area (Å²) in [6.07, 6.45) is 5.38. The van der Waals surface area contributed by atoms with E-state index in [0.29, 0.717) is 19.0 Å². The molecule has 26 heavy (non-hydrogen) atoms. The smallest absolute Gasteiger partial charge is 0.191 e. The maximum Gasteiger partial charge on any atom is 0.191 e. The Morgan fingerprint density at radius 3 is 2.88 bits per heavy atom. The predicted octanol–water partition coefficient (Wildman–Crippen LogP) is 2.48. The molecule has 1 aromatic carbocycles. The molecule has 0 spiro atoms. The highest BCUT2D eigenvalue weighted by molar-refractivity contribution is 7.97. The Labute approximate surface area is 157 Å². The second-order valence-corrected chi connectivity index (χ2v) is 7.13. The van der Waals surface area contributed by atoms with Gasteiger partial charge in [0.25, 0.3) is 0 Å². The molecule has 0 unspecified atom stereocenters. The Kier molecular flexibility index (Phi) is 6.49. The molecule has 2 aromatic rings. The lowest BCUT2D eigenvalue weighted by Gasteiger charge is -2.16. The van der Waals surface area contributed by atoms with Crippen LogP contribution in [0.25, 0.3) is 0 Å². The number of aliphatic imine (C=N–C) groups is 1. The van der Waals surface area contributed by atoms with Crippen molar-refractivity contribution in [3.63, 3.8) is 0 Å². The molecule has 3 rings (SSSR count). The first-order valence-corrected chi connectivity index (χ1v) is 10.2. The van der Waals surface area contributed by atoms with Gasteiger partial charge in [-0.1, -0.05) is 6.07 Å². The number of hydrogen-bond acceptors (Lipinski definition) is 4. The summed E-state index contributed by atoms with van der Waals surface area (Å²) in [6, 6.07) is 4.93. The molecule has 8 heteroatoms. The van der Waals surface area contributed by atoms with Crippen LogP contribution in [0, 0.1) is 5.82 Å². The van der Waals surface area contributed by atoms with Gasteiger partial charge in [0.2, 0.25) is 0 Å². The molecule has 0 aliphatic carbocycles. The first-order chi connectivity index (χ1) is 12.7. The summed E-state index contributed by atoms with van der Waals surface area (Å²) in [4.78, 5) is 4.27. The van der Waals surface area contributed by atoms with Gasteiger partial charge in [-0.2, -0.15) is 11.8 Å². The van der Waals surface area contributed by atoms with E-state index < -0.39 is 0 Å². The highest BCUT2D eigenvalue weighted by Gasteiger charge is 2.15. The normalized spacial score (nSPS) is 14.2. The summed E-state index contributed by atoms with van der Waals surface area (Å²) in [5.74, 6) is 3.29. The predicted molar refractivity (Wildman–Crippen MR) is 104 cm³/mol. The Bertz CT molecular complexity index is 773. The third kappa shape index (κ3) is 4.55. The van der Waals surface area contributed by atoms with Crippen LogP contribution in [0.1, 0.15) is 35.6 Å². The highest BCUT2D eigenvalue weighted by atomic mass is 32.2. The monoisotopic (exact) mass is 376 g/mol. The largest absolute Gasteiger partial charge is 0.352 e. The van der Waals surface area contributed by atoms with Crippen molar-refractivity contribution in [3.05, 3.63) is 46.8 Å². The van der Waals surface area contributed by atoms with E-state index in [1.807, 2.05) is 12.3 Å². The fourth-order valence-corrected chi connectivity index (χ4v) is 3.70. The van der Waals surface area contributed by atoms with E-state index in [-0.39, 0.29) is 5.82 Å². The van der Waals surface area contributed by atoms with Gasteiger partial charge in [-0.15, -0.1) is 10.2 Å². The molecular weight excluding hydrogens is 351 g/mol. The van der Waals surface area contributed by atoms with E-state index in [9.17, 15) is 4.39 Å². The molecule has 0 radical (unpaired) electrons. The van der Waals surface area contributed by atoms with Gasteiger partial charge in [-0.25, -0.2) is 4.39 Å². The van der Waals surface area contributed by atoms with Crippen LogP contribution in [0.4, 0.5) is 4.39 Å². The van der Waals surface area contributed by atoms with Crippen molar-refractivity contribution in [1.29, 1.82) is 0 Å². The second-order valence-electron chi connectivity index (χ2n) is 6.27. The lowest BCUT2D eigenvalue weighted by molar-refractivity contribution is 0.504. The van der Waals surface area contributed by atoms with E-state index >= 15 is 0 Å². The molecule has 0 fully saturated rings. The zero-order valence-electron chi connectivity index (χ0n) is 15.3. The van der Waals surface area contributed by atoms with Crippen LogP contribution >= 0.6 is 11.8 Å². The third-order valence-corrected chi connectivity index (χ3v) is 5.09. The van der Waals surface area contributed by atoms with Crippen LogP contribution in [-0.2, 0) is 31.8 Å². The first kappa shape index (κ1) is 18.7. The zero-order chi connectivity index (χ0) is 18.4. The average Bonchev–Trinajstić information content (AvgIpc) is 3.07. The van der Waals surface area contributed by atoms with Crippen LogP contribution in [0.2, 0.25) is 0 Å². The number of benzene rings is 1. The van der Waals surface area contributed by atoms with Crippen LogP contribution in [0.15, 0.2) is 23.2 Å². The number of nitrogens with zero attached hydrogens (tertiary/aromatic N) is 4. The fraction of sp³-hybridized carbons (Fsp3) is 0.500. The van der Waals surface area contributed by atoms with Crippen molar-refractivity contribution in [2.45, 2.75) is 44.6 Å². The van der Waals surface area contributed by atoms with Gasteiger partial charge in [0.05, 0.1) is 6.54 Å². The van der Waals surface area contributed by atoms with E-state index in [1.165, 1.54) is 18.9 Å². The molecule has 1 aliphatic heterocycles. The second kappa shape index (κ2) is 9.02. The summed E-state index contributed by atoms with van der Waals surface area (Å²) in [5.41, 5.74) is 2.08. The number of thioether (sulfide) groups is 1. The molecular formula is C18H25FN6S. The standard InChI is InChI=1S/C18H25FN6S/c1-20-18(21-10-13-6-7-15(19)9-14(13)12-26-2)22-11-17-24-23-16-5-3-4-8-25(16)17/h6-7,9H,3-5,8,10-12H2,1-2H3,(H2,20,21,22). The summed E-state index contributed by atoms with van der Waals surface area (Å²) < 4.78 is 15.7. The lowest BCUT2D eigenvalue weighted by atomic mass is 10.1. The number of nitrogens with one attached hydrogen (secondary N) is 2. The number of guanidine groups is 1. The Morgan fingerprint density at radius 1 is 1.23 bits per heavy atom. The number of fused-ring (bicyclic) bond motifs is 1. The van der Waals surface area contributed by atoms with Gasteiger partial charge in [-0.3, -0.25) is 4.99 Å². The van der Waals surface area contributed by atoms with Gasteiger partial charge >= 0.3 is 0 Å². The molecule has 1 aliphatic rings. The van der Waals surface area contributed by atoms with Crippen LogP contribution in [-0.4, -0.2) is 34.0 Å². The molecule has 2 heterocycles. The van der Waals surface area contributed by atoms with Crippen LogP contribution in [0.3, 0.4) is 0 Å². The third-order valence-electron chi connectivity index (χ3n) is 4.49. The zero-order valence-corrected chi connectivity index (χ0v) is 16.1. The van der Waals surface area contributed by atoms with E-state index in [1.54, 1.807) is 24.9 Å². The topological polar surface area (TPSA) is 67.1 Å². The van der Waals surface area contributed by atoms with Gasteiger partial charge in [-0.05, 0) is 42.4 Å². The number of aryl methyl sites for hydroxylation is 1. The van der Waals surface area contributed by atoms with E-state index in [2.05, 4.69) is 30.4 Å². The Balaban J connectivity index is 1.58. The van der Waals surface area contributed by atoms with Gasteiger partial charge in [0.15, 0.2) is 11.8 Å². The van der Waals surface area contributed by atoms with E-state index in [4.69, 9.17) is 0 Å². The molecule has 0 bridgehead atoms. The molecule has 140 valence electrons. The summed E-state index contributed by atoms with van der Waals surface area (Å²) in [6.45, 7) is 2.15. The molecule has 6 nitrogen and oxygen atoms in total. The molecule has 1 aromatic heterocycles. The van der Waals surface area contributed by atoms with E-state index in [0.717, 1.165) is 41.5 Å². The maximum atomic E-state index is 13.5. The Morgan fingerprint density at radius 2 is 2.08 bits per heavy atom. The minimum absolute atomic E-state index is 0.197. The lowest BCUT2D eigenvalue weighted by Crippen LogP contribution is -2.37. The highest BCUT2D eigenvalue weighted by Crippen LogP contribution is 2.17. The van der Waals surface area contributed by atoms with Gasteiger partial charge in [0, 0.05) is 32.3 Å². The van der Waals surface area contributed by atoms with Crippen molar-refractivity contribution >= 4 is 17.7 Å². The van der Waals surface area contributed by atoms with Crippen LogP contribution in [0.5, 0.6) is 0 Å². The minimum atomic E-state index is -0.197. The maximum absolute atomic E-state index is 13.5. The van der Waals surface area contributed by atoms with Crippen molar-refractivity contribution in [2.75, 3.05) is 13.3 Å². The average molecular weight is 377 g/mol. The van der Waals surface area contributed by atoms with Crippen molar-refractivity contribution in [2.24, 2.45) is 4.99 Å². The Hall–Kier alpha value is -2.09. The van der Waals surface area contributed by atoms with Gasteiger partial charge in [0.1, 0.15) is 11.6 Å². The molecule has 0 saturated heterocycles. The van der Waals surface area contributed by atoms with Gasteiger partial charge < -0.3 is 15.2 Å². The summed E-state index contributed by atoms with van der Waals surface area (Å²) >= 11 is 1.68. The molecule has 0 amide bonds. The summed E-state index contributed by atoms with van der Waals surface area (Å²) in [5, 5.41) is 15.2. The number of hydrogen-bond donors (Lipinski definition) is 2. The quantitative estimate of drug-likeness (QED) is 0.599. The van der Waals surface area contributed by atoms with Crippen molar-refractivity contribution in [1.82, 2.24) is 25.4 Å². The number of aromatic nitrogens is 3. The fourth-order valence-electron chi connectivity index (χ4n) is 3.12. The number of rotatable bonds is 6. The summed E-state index contributed by atoms with van der Waals surface area (Å²) in [7, 11) is 1.74. The van der Waals surface area contributed by atoms with Crippen molar-refractivity contribution in [3.8, 4) is 0 Å². The number of halogens is 1. The molecule has 0 atom stereocenters.